The van der Waals surface area contributed by atoms with E-state index < -0.39 is 0 Å². The number of anilines is 6. The van der Waals surface area contributed by atoms with Gasteiger partial charge in [-0.05, 0) is 373 Å². The fraction of sp³-hybridized carbons (Fsp3) is 0.250. The number of para-hydroxylation sites is 1. The standard InChI is InChI=1S/6C20H22N2O/c1-12-5-8-18(14(3)9-12)21-11-16-6-7-17-13(2)10-15(4)20(23)19(17)22-16;1-12-7-13(2)9-17(8-12)21-11-16-5-6-18-14(3)10-15(4)20(23)19(18)22-16;1-12-5-6-16(10-13(12)2)21-11-17-7-8-18-14(3)9-15(4)20(23)19(18)22-17;1-12-5-6-13(2)18(9-12)21-11-16-7-8-17-14(3)10-15(4)20(23)19(17)22-16;1-12-6-5-7-18(15(12)4)21-11-16-8-9-17-13(2)10-14(3)20(23)19(17)22-16;1-12-6-5-7-13(2)18(12)21-11-16-8-9-17-14(3)10-15(4)20(23)19(17)22-16/h6*5-10,21,23H,11H2,1-4H3. The van der Waals surface area contributed by atoms with Gasteiger partial charge in [0.1, 0.15) is 67.6 Å². The number of phenols is 6. The maximum atomic E-state index is 10.3. The van der Waals surface area contributed by atoms with Crippen LogP contribution < -0.4 is 31.9 Å². The van der Waals surface area contributed by atoms with E-state index in [0.717, 1.165) is 167 Å². The first kappa shape index (κ1) is 100. The van der Waals surface area contributed by atoms with Gasteiger partial charge in [0.25, 0.3) is 0 Å². The van der Waals surface area contributed by atoms with Crippen LogP contribution in [0.1, 0.15) is 168 Å². The van der Waals surface area contributed by atoms with Gasteiger partial charge in [0.05, 0.1) is 73.4 Å². The number of rotatable bonds is 18. The number of pyridine rings is 6. The molecule has 6 heterocycles. The molecule has 0 saturated carbocycles. The van der Waals surface area contributed by atoms with E-state index in [0.29, 0.717) is 72.4 Å². The van der Waals surface area contributed by atoms with E-state index in [1.165, 1.54) is 66.8 Å². The molecule has 0 aliphatic heterocycles. The lowest BCUT2D eigenvalue weighted by atomic mass is 10.0. The minimum absolute atomic E-state index is 0.277. The first-order chi connectivity index (χ1) is 65.7. The Kier molecular flexibility index (Phi) is 31.9. The number of hydrogen-bond donors (Lipinski definition) is 12. The molecule has 0 radical (unpaired) electrons. The lowest BCUT2D eigenvalue weighted by Crippen LogP contribution is -2.04. The van der Waals surface area contributed by atoms with Crippen molar-refractivity contribution in [1.29, 1.82) is 0 Å². The molecule has 0 atom stereocenters. The van der Waals surface area contributed by atoms with E-state index in [2.05, 4.69) is 254 Å². The second-order valence-electron chi connectivity index (χ2n) is 37.3. The minimum atomic E-state index is 0.277. The van der Waals surface area contributed by atoms with Crippen molar-refractivity contribution in [2.24, 2.45) is 0 Å². The second-order valence-corrected chi connectivity index (χ2v) is 37.3. The predicted molar refractivity (Wildman–Crippen MR) is 577 cm³/mol. The SMILES string of the molecule is Cc1cc(C)cc(NCc2ccc3c(C)cc(C)c(O)c3n2)c1.Cc1ccc(C)c(NCc2ccc3c(C)cc(C)c(O)c3n2)c1.Cc1ccc(NCc2ccc3c(C)cc(C)c(O)c3n2)c(C)c1.Cc1ccc(NCc2ccc3c(C)cc(C)c(O)c3n2)cc1C.Cc1cccc(C)c1NCc1ccc2c(C)cc(C)c(O)c2n1.Cc1cccc(NCc2ccc3c(C)cc(C)c(O)c3n2)c1C. The molecule has 0 unspecified atom stereocenters. The quantitative estimate of drug-likeness (QED) is 0.0381. The molecule has 0 saturated heterocycles. The Hall–Kier alpha value is -15.3. The molecule has 0 aliphatic rings. The van der Waals surface area contributed by atoms with Crippen molar-refractivity contribution in [2.45, 2.75) is 205 Å². The van der Waals surface area contributed by atoms with Crippen molar-refractivity contribution >= 4 is 99.5 Å². The largest absolute Gasteiger partial charge is 0.505 e. The Balaban J connectivity index is 0.000000140. The lowest BCUT2D eigenvalue weighted by molar-refractivity contribution is 0.475. The average Bonchev–Trinajstić information content (AvgIpc) is 0.808. The Morgan fingerprint density at radius 3 is 0.833 bits per heavy atom. The maximum absolute atomic E-state index is 10.3. The van der Waals surface area contributed by atoms with Crippen LogP contribution in [0.5, 0.6) is 34.5 Å². The highest BCUT2D eigenvalue weighted by molar-refractivity contribution is 5.93. The first-order valence-corrected chi connectivity index (χ1v) is 47.1. The summed E-state index contributed by atoms with van der Waals surface area (Å²) >= 11 is 0. The van der Waals surface area contributed by atoms with E-state index in [1.54, 1.807) is 0 Å². The number of fused-ring (bicyclic) bond motifs is 6. The summed E-state index contributed by atoms with van der Waals surface area (Å²) in [6.07, 6.45) is 0. The molecule has 12 aromatic carbocycles. The summed E-state index contributed by atoms with van der Waals surface area (Å²) in [6, 6.07) is 74.2. The van der Waals surface area contributed by atoms with Crippen molar-refractivity contribution in [3.05, 3.63) is 386 Å². The van der Waals surface area contributed by atoms with Crippen LogP contribution in [0.3, 0.4) is 0 Å². The lowest BCUT2D eigenvalue weighted by Gasteiger charge is -2.13. The van der Waals surface area contributed by atoms with Gasteiger partial charge >= 0.3 is 0 Å². The number of nitrogens with zero attached hydrogens (tertiary/aromatic N) is 6. The summed E-state index contributed by atoms with van der Waals surface area (Å²) in [4.78, 5) is 27.9. The molecule has 18 rings (SSSR count). The zero-order valence-corrected chi connectivity index (χ0v) is 84.4. The van der Waals surface area contributed by atoms with Crippen molar-refractivity contribution in [1.82, 2.24) is 29.9 Å². The molecule has 18 heteroatoms. The van der Waals surface area contributed by atoms with Crippen molar-refractivity contribution in [2.75, 3.05) is 31.9 Å². The molecule has 0 spiro atoms. The van der Waals surface area contributed by atoms with Gasteiger partial charge in [-0.25, -0.2) is 29.9 Å². The van der Waals surface area contributed by atoms with Gasteiger partial charge in [-0.15, -0.1) is 0 Å². The van der Waals surface area contributed by atoms with Gasteiger partial charge in [-0.2, -0.15) is 0 Å². The van der Waals surface area contributed by atoms with Gasteiger partial charge in [-0.3, -0.25) is 0 Å². The number of aromatic nitrogens is 6. The predicted octanol–water partition coefficient (Wildman–Crippen LogP) is 28.7. The van der Waals surface area contributed by atoms with Crippen LogP contribution in [0.25, 0.3) is 65.4 Å². The van der Waals surface area contributed by atoms with Gasteiger partial charge < -0.3 is 62.5 Å². The molecular weight excluding hydrogens is 1710 g/mol. The van der Waals surface area contributed by atoms with Crippen molar-refractivity contribution in [3.63, 3.8) is 0 Å². The third-order valence-electron chi connectivity index (χ3n) is 25.8. The molecule has 0 bridgehead atoms. The Morgan fingerprint density at radius 1 is 0.181 bits per heavy atom. The highest BCUT2D eigenvalue weighted by Crippen LogP contribution is 2.38. The van der Waals surface area contributed by atoms with E-state index in [-0.39, 0.29) is 34.5 Å². The van der Waals surface area contributed by atoms with Gasteiger partial charge in [0.15, 0.2) is 0 Å². The van der Waals surface area contributed by atoms with Crippen LogP contribution >= 0.6 is 0 Å². The zero-order valence-electron chi connectivity index (χ0n) is 84.4. The summed E-state index contributed by atoms with van der Waals surface area (Å²) in [5.74, 6) is 1.66. The van der Waals surface area contributed by atoms with Crippen LogP contribution in [-0.2, 0) is 39.3 Å². The number of hydrogen-bond acceptors (Lipinski definition) is 18. The Bertz CT molecular complexity index is 7470. The average molecular weight is 1840 g/mol. The summed E-state index contributed by atoms with van der Waals surface area (Å²) in [5.41, 5.74) is 43.2. The molecule has 18 nitrogen and oxygen atoms in total. The third-order valence-corrected chi connectivity index (χ3v) is 25.8. The van der Waals surface area contributed by atoms with Gasteiger partial charge in [-0.1, -0.05) is 145 Å². The smallest absolute Gasteiger partial charge is 0.144 e. The fourth-order valence-electron chi connectivity index (χ4n) is 17.5. The number of aryl methyl sites for hydroxylation is 23. The van der Waals surface area contributed by atoms with Crippen LogP contribution in [0.2, 0.25) is 0 Å². The highest BCUT2D eigenvalue weighted by Gasteiger charge is 2.18. The van der Waals surface area contributed by atoms with Gasteiger partial charge in [0, 0.05) is 66.4 Å². The van der Waals surface area contributed by atoms with E-state index in [4.69, 9.17) is 0 Å². The number of phenolic OH excluding ortho intramolecular Hbond substituents is 6. The Morgan fingerprint density at radius 2 is 0.478 bits per heavy atom. The van der Waals surface area contributed by atoms with Crippen LogP contribution in [0.15, 0.2) is 218 Å². The van der Waals surface area contributed by atoms with E-state index in [9.17, 15) is 30.6 Å². The van der Waals surface area contributed by atoms with E-state index >= 15 is 0 Å². The maximum Gasteiger partial charge on any atom is 0.144 e. The summed E-state index contributed by atoms with van der Waals surface area (Å²) in [7, 11) is 0. The summed E-state index contributed by atoms with van der Waals surface area (Å²) < 4.78 is 0. The summed E-state index contributed by atoms with van der Waals surface area (Å²) in [6.45, 7) is 52.7. The third kappa shape index (κ3) is 24.1. The highest BCUT2D eigenvalue weighted by atomic mass is 16.3. The van der Waals surface area contributed by atoms with Crippen LogP contribution in [0, 0.1) is 166 Å². The molecule has 138 heavy (non-hydrogen) atoms. The normalized spacial score (nSPS) is 11.0. The van der Waals surface area contributed by atoms with Crippen molar-refractivity contribution in [3.8, 4) is 34.5 Å². The molecule has 0 aliphatic carbocycles. The van der Waals surface area contributed by atoms with E-state index in [1.807, 2.05) is 192 Å². The van der Waals surface area contributed by atoms with Crippen molar-refractivity contribution < 1.29 is 30.6 Å². The molecule has 6 aromatic heterocycles. The monoisotopic (exact) mass is 1840 g/mol. The first-order valence-electron chi connectivity index (χ1n) is 47.1. The molecule has 0 fully saturated rings. The summed E-state index contributed by atoms with van der Waals surface area (Å²) in [5, 5.41) is 88.3. The molecule has 18 aromatic rings. The topological polar surface area (TPSA) is 271 Å². The molecule has 708 valence electrons. The second kappa shape index (κ2) is 44.0. The fourth-order valence-corrected chi connectivity index (χ4v) is 17.5. The molecule has 0 amide bonds. The zero-order chi connectivity index (χ0) is 99.4. The van der Waals surface area contributed by atoms with Crippen LogP contribution in [0.4, 0.5) is 34.1 Å². The Labute approximate surface area is 813 Å². The number of benzene rings is 12. The molecule has 12 N–H and O–H groups in total. The number of aromatic hydroxyl groups is 6. The molecular formula is C120H132N12O6. The van der Waals surface area contributed by atoms with Crippen LogP contribution in [-0.4, -0.2) is 60.5 Å². The van der Waals surface area contributed by atoms with Gasteiger partial charge in [0.2, 0.25) is 0 Å². The minimum Gasteiger partial charge on any atom is -0.505 e. The number of nitrogens with one attached hydrogen (secondary N) is 6.